The van der Waals surface area contributed by atoms with Gasteiger partial charge in [-0.25, -0.2) is 4.98 Å². The van der Waals surface area contributed by atoms with Crippen molar-refractivity contribution < 1.29 is 0 Å². The van der Waals surface area contributed by atoms with Gasteiger partial charge in [-0.2, -0.15) is 0 Å². The summed E-state index contributed by atoms with van der Waals surface area (Å²) in [5.74, 6) is 1.67. The molecule has 0 radical (unpaired) electrons. The predicted octanol–water partition coefficient (Wildman–Crippen LogP) is 3.81. The molecular formula is C21H31N5S. The zero-order valence-corrected chi connectivity index (χ0v) is 17.5. The summed E-state index contributed by atoms with van der Waals surface area (Å²) >= 11 is 1.75. The molecule has 2 heterocycles. The van der Waals surface area contributed by atoms with Gasteiger partial charge in [-0.3, -0.25) is 4.99 Å². The summed E-state index contributed by atoms with van der Waals surface area (Å²) in [4.78, 5) is 12.6. The van der Waals surface area contributed by atoms with E-state index in [1.54, 1.807) is 18.4 Å². The third-order valence-corrected chi connectivity index (χ3v) is 6.27. The van der Waals surface area contributed by atoms with Crippen LogP contribution in [-0.2, 0) is 19.5 Å². The third kappa shape index (κ3) is 5.70. The second-order valence-electron chi connectivity index (χ2n) is 7.19. The summed E-state index contributed by atoms with van der Waals surface area (Å²) in [6, 6.07) is 8.90. The number of piperidine rings is 1. The maximum atomic E-state index is 4.44. The molecule has 1 saturated heterocycles. The molecule has 0 spiro atoms. The zero-order chi connectivity index (χ0) is 19.1. The Morgan fingerprint density at radius 1 is 1.19 bits per heavy atom. The number of rotatable bonds is 6. The van der Waals surface area contributed by atoms with E-state index in [4.69, 9.17) is 0 Å². The van der Waals surface area contributed by atoms with Crippen molar-refractivity contribution >= 4 is 23.0 Å². The highest BCUT2D eigenvalue weighted by Crippen LogP contribution is 2.23. The molecule has 1 aromatic carbocycles. The molecule has 0 atom stereocenters. The average Bonchev–Trinajstić information content (AvgIpc) is 3.17. The second kappa shape index (κ2) is 9.74. The molecule has 6 heteroatoms. The Morgan fingerprint density at radius 2 is 1.89 bits per heavy atom. The van der Waals surface area contributed by atoms with Crippen molar-refractivity contribution in [3.8, 4) is 0 Å². The first-order valence-corrected chi connectivity index (χ1v) is 10.7. The van der Waals surface area contributed by atoms with E-state index in [1.807, 2.05) is 6.20 Å². The Hall–Kier alpha value is -2.08. The second-order valence-corrected chi connectivity index (χ2v) is 8.39. The number of hydrogen-bond acceptors (Lipinski definition) is 4. The van der Waals surface area contributed by atoms with Crippen LogP contribution in [0.15, 0.2) is 35.5 Å². The van der Waals surface area contributed by atoms with E-state index in [2.05, 4.69) is 63.6 Å². The minimum Gasteiger partial charge on any atom is -0.372 e. The number of benzene rings is 1. The molecule has 0 saturated carbocycles. The minimum atomic E-state index is 0.705. The van der Waals surface area contributed by atoms with Crippen LogP contribution >= 0.6 is 11.3 Å². The molecule has 0 aliphatic carbocycles. The van der Waals surface area contributed by atoms with E-state index in [9.17, 15) is 0 Å². The molecular weight excluding hydrogens is 354 g/mol. The van der Waals surface area contributed by atoms with Crippen LogP contribution in [-0.4, -0.2) is 31.1 Å². The third-order valence-electron chi connectivity index (χ3n) is 5.13. The highest BCUT2D eigenvalue weighted by molar-refractivity contribution is 7.11. The van der Waals surface area contributed by atoms with E-state index >= 15 is 0 Å². The Morgan fingerprint density at radius 3 is 2.52 bits per heavy atom. The summed E-state index contributed by atoms with van der Waals surface area (Å²) in [6.45, 7) is 8.32. The van der Waals surface area contributed by atoms with Crippen LogP contribution < -0.4 is 15.5 Å². The highest BCUT2D eigenvalue weighted by atomic mass is 32.1. The zero-order valence-electron chi connectivity index (χ0n) is 16.7. The predicted molar refractivity (Wildman–Crippen MR) is 116 cm³/mol. The van der Waals surface area contributed by atoms with Gasteiger partial charge in [0.25, 0.3) is 0 Å². The molecule has 1 fully saturated rings. The van der Waals surface area contributed by atoms with Crippen molar-refractivity contribution in [1.29, 1.82) is 0 Å². The number of hydrogen-bond donors (Lipinski definition) is 2. The van der Waals surface area contributed by atoms with E-state index in [0.717, 1.165) is 29.9 Å². The van der Waals surface area contributed by atoms with Gasteiger partial charge in [0.1, 0.15) is 5.01 Å². The SMILES string of the molecule is CCc1cnc(CNC(=NC)NCc2ccc(N3CCC(C)CC3)cc2)s1. The van der Waals surface area contributed by atoms with Crippen molar-refractivity contribution in [3.63, 3.8) is 0 Å². The minimum absolute atomic E-state index is 0.705. The lowest BCUT2D eigenvalue weighted by atomic mass is 9.99. The van der Waals surface area contributed by atoms with E-state index < -0.39 is 0 Å². The largest absolute Gasteiger partial charge is 0.372 e. The lowest BCUT2D eigenvalue weighted by Gasteiger charge is -2.32. The Labute approximate surface area is 166 Å². The van der Waals surface area contributed by atoms with Crippen LogP contribution in [0.5, 0.6) is 0 Å². The molecule has 27 heavy (non-hydrogen) atoms. The van der Waals surface area contributed by atoms with Gasteiger partial charge >= 0.3 is 0 Å². The molecule has 3 rings (SSSR count). The van der Waals surface area contributed by atoms with Gasteiger partial charge in [0.2, 0.25) is 0 Å². The summed E-state index contributed by atoms with van der Waals surface area (Å²) in [5.41, 5.74) is 2.60. The van der Waals surface area contributed by atoms with E-state index in [1.165, 1.54) is 42.1 Å². The smallest absolute Gasteiger partial charge is 0.191 e. The van der Waals surface area contributed by atoms with Crippen LogP contribution in [0, 0.1) is 5.92 Å². The first-order chi connectivity index (χ1) is 13.2. The van der Waals surface area contributed by atoms with Crippen LogP contribution in [0.25, 0.3) is 0 Å². The number of aryl methyl sites for hydroxylation is 1. The van der Waals surface area contributed by atoms with Crippen LogP contribution in [0.2, 0.25) is 0 Å². The summed E-state index contributed by atoms with van der Waals surface area (Å²) in [5, 5.41) is 7.82. The van der Waals surface area contributed by atoms with Crippen LogP contribution in [0.4, 0.5) is 5.69 Å². The Balaban J connectivity index is 1.46. The summed E-state index contributed by atoms with van der Waals surface area (Å²) in [6.07, 6.45) is 5.59. The normalized spacial score (nSPS) is 15.8. The van der Waals surface area contributed by atoms with Gasteiger partial charge in [0, 0.05) is 43.4 Å². The van der Waals surface area contributed by atoms with Gasteiger partial charge in [-0.05, 0) is 42.9 Å². The summed E-state index contributed by atoms with van der Waals surface area (Å²) in [7, 11) is 1.80. The highest BCUT2D eigenvalue weighted by Gasteiger charge is 2.15. The quantitative estimate of drug-likeness (QED) is 0.586. The molecule has 1 aliphatic heterocycles. The molecule has 0 bridgehead atoms. The van der Waals surface area contributed by atoms with Gasteiger partial charge in [-0.1, -0.05) is 26.0 Å². The number of thiazole rings is 1. The Kier molecular flexibility index (Phi) is 7.10. The molecule has 1 aromatic heterocycles. The molecule has 2 N–H and O–H groups in total. The molecule has 5 nitrogen and oxygen atoms in total. The van der Waals surface area contributed by atoms with Gasteiger partial charge in [0.05, 0.1) is 6.54 Å². The maximum Gasteiger partial charge on any atom is 0.191 e. The lowest BCUT2D eigenvalue weighted by molar-refractivity contribution is 0.438. The van der Waals surface area contributed by atoms with Crippen LogP contribution in [0.1, 0.15) is 42.1 Å². The fourth-order valence-electron chi connectivity index (χ4n) is 3.25. The van der Waals surface area contributed by atoms with Crippen LogP contribution in [0.3, 0.4) is 0 Å². The molecule has 2 aromatic rings. The molecule has 146 valence electrons. The number of guanidine groups is 1. The lowest BCUT2D eigenvalue weighted by Crippen LogP contribution is -2.36. The van der Waals surface area contributed by atoms with Crippen molar-refractivity contribution in [2.45, 2.75) is 46.2 Å². The summed E-state index contributed by atoms with van der Waals surface area (Å²) < 4.78 is 0. The van der Waals surface area contributed by atoms with Gasteiger partial charge in [0.15, 0.2) is 5.96 Å². The van der Waals surface area contributed by atoms with Gasteiger partial charge in [-0.15, -0.1) is 11.3 Å². The number of anilines is 1. The standard InChI is InChI=1S/C21H31N5S/c1-4-19-14-23-20(27-19)15-25-21(22-3)24-13-17-5-7-18(8-6-17)26-11-9-16(2)10-12-26/h5-8,14,16H,4,9-13,15H2,1-3H3,(H2,22,24,25). The first kappa shape index (κ1) is 19.7. The maximum absolute atomic E-state index is 4.44. The van der Waals surface area contributed by atoms with Crippen molar-refractivity contribution in [3.05, 3.63) is 45.9 Å². The van der Waals surface area contributed by atoms with E-state index in [0.29, 0.717) is 6.54 Å². The van der Waals surface area contributed by atoms with Crippen molar-refractivity contribution in [2.24, 2.45) is 10.9 Å². The topological polar surface area (TPSA) is 52.6 Å². The fourth-order valence-corrected chi connectivity index (χ4v) is 4.05. The fraction of sp³-hybridized carbons (Fsp3) is 0.524. The monoisotopic (exact) mass is 385 g/mol. The van der Waals surface area contributed by atoms with Crippen molar-refractivity contribution in [2.75, 3.05) is 25.0 Å². The number of aliphatic imine (C=N–C) groups is 1. The van der Waals surface area contributed by atoms with Gasteiger partial charge < -0.3 is 15.5 Å². The van der Waals surface area contributed by atoms with E-state index in [-0.39, 0.29) is 0 Å². The number of nitrogens with one attached hydrogen (secondary N) is 2. The number of aromatic nitrogens is 1. The average molecular weight is 386 g/mol. The molecule has 1 aliphatic rings. The molecule has 0 unspecified atom stereocenters. The van der Waals surface area contributed by atoms with Crippen molar-refractivity contribution in [1.82, 2.24) is 15.6 Å². The first-order valence-electron chi connectivity index (χ1n) is 9.90. The molecule has 0 amide bonds. The Bertz CT molecular complexity index is 729. The number of nitrogens with zero attached hydrogens (tertiary/aromatic N) is 3.